The molecule has 2 aromatic rings. The van der Waals surface area contributed by atoms with Gasteiger partial charge in [0.15, 0.2) is 11.5 Å². The molecule has 8 nitrogen and oxygen atoms in total. The van der Waals surface area contributed by atoms with Gasteiger partial charge in [-0.2, -0.15) is 0 Å². The van der Waals surface area contributed by atoms with Crippen LogP contribution in [0.3, 0.4) is 0 Å². The van der Waals surface area contributed by atoms with Crippen LogP contribution in [0.1, 0.15) is 32.8 Å². The molecule has 0 aliphatic carbocycles. The van der Waals surface area contributed by atoms with Crippen molar-refractivity contribution in [3.05, 3.63) is 53.7 Å². The summed E-state index contributed by atoms with van der Waals surface area (Å²) < 4.78 is 21.9. The molecule has 8 heteroatoms. The van der Waals surface area contributed by atoms with Gasteiger partial charge in [0.1, 0.15) is 11.4 Å². The quantitative estimate of drug-likeness (QED) is 0.350. The fraction of sp³-hybridized carbons (Fsp3) is 0.385. The van der Waals surface area contributed by atoms with Gasteiger partial charge in [-0.3, -0.25) is 14.5 Å². The number of nitrogens with zero attached hydrogens (tertiary/aromatic N) is 1. The molecule has 0 saturated carbocycles. The van der Waals surface area contributed by atoms with Gasteiger partial charge >= 0.3 is 0 Å². The number of amides is 2. The van der Waals surface area contributed by atoms with Gasteiger partial charge in [0.25, 0.3) is 11.8 Å². The van der Waals surface area contributed by atoms with Gasteiger partial charge < -0.3 is 24.3 Å². The second-order valence-corrected chi connectivity index (χ2v) is 7.47. The van der Waals surface area contributed by atoms with Crippen molar-refractivity contribution in [2.75, 3.05) is 45.4 Å². The monoisotopic (exact) mass is 468 g/mol. The summed E-state index contributed by atoms with van der Waals surface area (Å²) in [6, 6.07) is 12.5. The Morgan fingerprint density at radius 1 is 0.824 bits per heavy atom. The van der Waals surface area contributed by atoms with Crippen molar-refractivity contribution in [3.63, 3.8) is 0 Å². The van der Waals surface area contributed by atoms with E-state index in [0.717, 1.165) is 0 Å². The van der Waals surface area contributed by atoms with Crippen molar-refractivity contribution in [2.45, 2.75) is 27.2 Å². The normalized spacial score (nSPS) is 13.5. The highest BCUT2D eigenvalue weighted by Gasteiger charge is 2.39. The second kappa shape index (κ2) is 12.1. The van der Waals surface area contributed by atoms with Crippen molar-refractivity contribution >= 4 is 23.1 Å². The van der Waals surface area contributed by atoms with E-state index in [2.05, 4.69) is 5.32 Å². The molecule has 0 fully saturated rings. The molecule has 0 unspecified atom stereocenters. The van der Waals surface area contributed by atoms with Gasteiger partial charge in [-0.1, -0.05) is 12.1 Å². The highest BCUT2D eigenvalue weighted by molar-refractivity contribution is 6.36. The maximum Gasteiger partial charge on any atom is 0.278 e. The van der Waals surface area contributed by atoms with Crippen LogP contribution in [-0.4, -0.2) is 56.8 Å². The third kappa shape index (κ3) is 5.69. The molecule has 182 valence electrons. The van der Waals surface area contributed by atoms with Crippen LogP contribution in [0.5, 0.6) is 17.2 Å². The third-order valence-electron chi connectivity index (χ3n) is 5.16. The average Bonchev–Trinajstić information content (AvgIpc) is 3.06. The van der Waals surface area contributed by atoms with Gasteiger partial charge in [0.2, 0.25) is 0 Å². The number of carbonyl (C=O) groups is 2. The Labute approximate surface area is 200 Å². The number of rotatable bonds is 13. The minimum absolute atomic E-state index is 0.221. The number of hydrogen-bond donors (Lipinski definition) is 1. The number of methoxy groups -OCH3 is 1. The lowest BCUT2D eigenvalue weighted by Gasteiger charge is -2.16. The molecule has 1 aliphatic heterocycles. The molecule has 1 heterocycles. The SMILES string of the molecule is CCOc1ccc(C2=C(Nc3ccc(OCC)c(OCC)c3)C(=O)N(CCCOC)C2=O)cc1. The molecule has 1 N–H and O–H groups in total. The summed E-state index contributed by atoms with van der Waals surface area (Å²) in [7, 11) is 1.59. The van der Waals surface area contributed by atoms with E-state index in [-0.39, 0.29) is 24.1 Å². The summed E-state index contributed by atoms with van der Waals surface area (Å²) in [6.45, 7) is 7.93. The molecule has 2 aromatic carbocycles. The van der Waals surface area contributed by atoms with E-state index >= 15 is 0 Å². The summed E-state index contributed by atoms with van der Waals surface area (Å²) in [5, 5.41) is 3.17. The van der Waals surface area contributed by atoms with Crippen LogP contribution < -0.4 is 19.5 Å². The summed E-state index contributed by atoms with van der Waals surface area (Å²) in [6.07, 6.45) is 0.551. The van der Waals surface area contributed by atoms with Crippen molar-refractivity contribution < 1.29 is 28.5 Å². The van der Waals surface area contributed by atoms with Gasteiger partial charge in [-0.25, -0.2) is 0 Å². The zero-order valence-corrected chi connectivity index (χ0v) is 20.2. The van der Waals surface area contributed by atoms with Crippen LogP contribution in [0.2, 0.25) is 0 Å². The summed E-state index contributed by atoms with van der Waals surface area (Å²) in [5.41, 5.74) is 1.79. The van der Waals surface area contributed by atoms with Crippen LogP contribution in [-0.2, 0) is 14.3 Å². The minimum Gasteiger partial charge on any atom is -0.494 e. The van der Waals surface area contributed by atoms with Crippen LogP contribution in [0, 0.1) is 0 Å². The number of imide groups is 1. The van der Waals surface area contributed by atoms with Crippen LogP contribution in [0.25, 0.3) is 5.57 Å². The molecule has 2 amide bonds. The Morgan fingerprint density at radius 3 is 2.15 bits per heavy atom. The van der Waals surface area contributed by atoms with Gasteiger partial charge in [-0.15, -0.1) is 0 Å². The topological polar surface area (TPSA) is 86.3 Å². The second-order valence-electron chi connectivity index (χ2n) is 7.47. The number of nitrogens with one attached hydrogen (secondary N) is 1. The highest BCUT2D eigenvalue weighted by Crippen LogP contribution is 2.35. The molecule has 0 spiro atoms. The first kappa shape index (κ1) is 25.1. The van der Waals surface area contributed by atoms with Crippen molar-refractivity contribution in [1.29, 1.82) is 0 Å². The van der Waals surface area contributed by atoms with Gasteiger partial charge in [0.05, 0.1) is 25.4 Å². The number of benzene rings is 2. The Hall–Kier alpha value is -3.52. The smallest absolute Gasteiger partial charge is 0.278 e. The van der Waals surface area contributed by atoms with Crippen LogP contribution in [0.15, 0.2) is 48.2 Å². The molecular formula is C26H32N2O6. The molecule has 0 aromatic heterocycles. The largest absolute Gasteiger partial charge is 0.494 e. The zero-order valence-electron chi connectivity index (χ0n) is 20.2. The Morgan fingerprint density at radius 2 is 1.50 bits per heavy atom. The highest BCUT2D eigenvalue weighted by atomic mass is 16.5. The molecule has 0 atom stereocenters. The van der Waals surface area contributed by atoms with E-state index in [4.69, 9.17) is 18.9 Å². The van der Waals surface area contributed by atoms with Gasteiger partial charge in [-0.05, 0) is 57.0 Å². The first-order valence-electron chi connectivity index (χ1n) is 11.5. The van der Waals surface area contributed by atoms with Crippen molar-refractivity contribution in [1.82, 2.24) is 4.90 Å². The van der Waals surface area contributed by atoms with E-state index in [0.29, 0.717) is 66.9 Å². The first-order chi connectivity index (χ1) is 16.5. The molecule has 3 rings (SSSR count). The van der Waals surface area contributed by atoms with Crippen molar-refractivity contribution in [2.24, 2.45) is 0 Å². The van der Waals surface area contributed by atoms with E-state index in [1.165, 1.54) is 4.90 Å². The molecular weight excluding hydrogens is 436 g/mol. The van der Waals surface area contributed by atoms with Crippen molar-refractivity contribution in [3.8, 4) is 17.2 Å². The molecule has 0 bridgehead atoms. The fourth-order valence-electron chi connectivity index (χ4n) is 3.69. The standard InChI is InChI=1S/C26H32N2O6/c1-5-32-20-12-9-18(10-13-20)23-24(26(30)28(25(23)29)15-8-16-31-4)27-19-11-14-21(33-6-2)22(17-19)34-7-3/h9-14,17,27H,5-8,15-16H2,1-4H3. The van der Waals surface area contributed by atoms with E-state index < -0.39 is 0 Å². The predicted molar refractivity (Wildman–Crippen MR) is 130 cm³/mol. The van der Waals surface area contributed by atoms with Gasteiger partial charge in [0, 0.05) is 32.0 Å². The Balaban J connectivity index is 1.98. The first-order valence-corrected chi connectivity index (χ1v) is 11.5. The zero-order chi connectivity index (χ0) is 24.5. The minimum atomic E-state index is -0.378. The number of ether oxygens (including phenoxy) is 4. The summed E-state index contributed by atoms with van der Waals surface area (Å²) in [4.78, 5) is 27.9. The van der Waals surface area contributed by atoms with Crippen LogP contribution in [0.4, 0.5) is 5.69 Å². The fourth-order valence-corrected chi connectivity index (χ4v) is 3.69. The average molecular weight is 469 g/mol. The third-order valence-corrected chi connectivity index (χ3v) is 5.16. The molecule has 0 saturated heterocycles. The van der Waals surface area contributed by atoms with Crippen LogP contribution >= 0.6 is 0 Å². The van der Waals surface area contributed by atoms with E-state index in [1.807, 2.05) is 20.8 Å². The van der Waals surface area contributed by atoms with E-state index in [9.17, 15) is 9.59 Å². The summed E-state index contributed by atoms with van der Waals surface area (Å²) >= 11 is 0. The maximum atomic E-state index is 13.3. The number of hydrogen-bond acceptors (Lipinski definition) is 7. The Bertz CT molecular complexity index is 1030. The molecule has 34 heavy (non-hydrogen) atoms. The lowest BCUT2D eigenvalue weighted by atomic mass is 10.0. The predicted octanol–water partition coefficient (Wildman–Crippen LogP) is 4.11. The lowest BCUT2D eigenvalue weighted by Crippen LogP contribution is -2.33. The molecule has 1 aliphatic rings. The lowest BCUT2D eigenvalue weighted by molar-refractivity contribution is -0.137. The van der Waals surface area contributed by atoms with E-state index in [1.54, 1.807) is 49.6 Å². The number of anilines is 1. The number of carbonyl (C=O) groups excluding carboxylic acids is 2. The molecule has 0 radical (unpaired) electrons. The summed E-state index contributed by atoms with van der Waals surface area (Å²) in [5.74, 6) is 1.15. The maximum absolute atomic E-state index is 13.3. The Kier molecular flexibility index (Phi) is 8.93.